The lowest BCUT2D eigenvalue weighted by atomic mass is 10.2. The van der Waals surface area contributed by atoms with Crippen molar-refractivity contribution in [2.45, 2.75) is 26.3 Å². The number of hydrogen-bond acceptors (Lipinski definition) is 4. The normalized spacial score (nSPS) is 12.9. The Morgan fingerprint density at radius 3 is 3.07 bits per heavy atom. The maximum atomic E-state index is 11.0. The van der Waals surface area contributed by atoms with Gasteiger partial charge in [-0.25, -0.2) is 15.0 Å². The van der Waals surface area contributed by atoms with E-state index < -0.39 is 0 Å². The number of rotatable bonds is 3. The van der Waals surface area contributed by atoms with E-state index in [0.717, 1.165) is 11.2 Å². The van der Waals surface area contributed by atoms with Crippen LogP contribution in [0.2, 0.25) is 0 Å². The Hall–Kier alpha value is -1.78. The van der Waals surface area contributed by atoms with E-state index in [1.807, 2.05) is 11.5 Å². The molecule has 0 bridgehead atoms. The SMILES string of the molecule is CC(=O)C[C@H](C)n1cnc2cncnc21. The van der Waals surface area contributed by atoms with Crippen molar-refractivity contribution < 1.29 is 4.79 Å². The molecule has 0 saturated carbocycles. The molecule has 0 amide bonds. The second kappa shape index (κ2) is 3.76. The van der Waals surface area contributed by atoms with E-state index in [1.165, 1.54) is 6.33 Å². The number of carbonyl (C=O) groups is 1. The largest absolute Gasteiger partial charge is 0.312 e. The van der Waals surface area contributed by atoms with Crippen LogP contribution in [-0.2, 0) is 4.79 Å². The molecule has 2 heterocycles. The van der Waals surface area contributed by atoms with Gasteiger partial charge in [0.1, 0.15) is 17.6 Å². The first-order chi connectivity index (χ1) is 7.18. The van der Waals surface area contributed by atoms with Crippen LogP contribution in [0, 0.1) is 0 Å². The van der Waals surface area contributed by atoms with Gasteiger partial charge in [0.15, 0.2) is 5.65 Å². The Labute approximate surface area is 87.2 Å². The molecule has 0 aliphatic rings. The van der Waals surface area contributed by atoms with Crippen molar-refractivity contribution in [2.75, 3.05) is 0 Å². The molecule has 0 N–H and O–H groups in total. The number of ketones is 1. The van der Waals surface area contributed by atoms with Gasteiger partial charge in [-0.1, -0.05) is 0 Å². The number of carbonyl (C=O) groups excluding carboxylic acids is 1. The van der Waals surface area contributed by atoms with Crippen LogP contribution in [0.3, 0.4) is 0 Å². The molecule has 0 aromatic carbocycles. The highest BCUT2D eigenvalue weighted by molar-refractivity contribution is 5.76. The molecular weight excluding hydrogens is 192 g/mol. The zero-order valence-electron chi connectivity index (χ0n) is 8.71. The number of aromatic nitrogens is 4. The molecule has 0 unspecified atom stereocenters. The van der Waals surface area contributed by atoms with Crippen LogP contribution in [0.4, 0.5) is 0 Å². The smallest absolute Gasteiger partial charge is 0.163 e. The Bertz CT molecular complexity index is 491. The molecule has 0 spiro atoms. The van der Waals surface area contributed by atoms with Crippen molar-refractivity contribution in [1.29, 1.82) is 0 Å². The topological polar surface area (TPSA) is 60.7 Å². The van der Waals surface area contributed by atoms with Crippen molar-refractivity contribution >= 4 is 16.9 Å². The van der Waals surface area contributed by atoms with Crippen LogP contribution in [0.5, 0.6) is 0 Å². The summed E-state index contributed by atoms with van der Waals surface area (Å²) in [7, 11) is 0. The van der Waals surface area contributed by atoms with Gasteiger partial charge in [-0.05, 0) is 13.8 Å². The first kappa shape index (κ1) is 9.76. The lowest BCUT2D eigenvalue weighted by molar-refractivity contribution is -0.117. The molecule has 0 aliphatic heterocycles. The Morgan fingerprint density at radius 1 is 1.53 bits per heavy atom. The Balaban J connectivity index is 2.39. The van der Waals surface area contributed by atoms with Crippen molar-refractivity contribution in [2.24, 2.45) is 0 Å². The van der Waals surface area contributed by atoms with E-state index in [0.29, 0.717) is 6.42 Å². The maximum absolute atomic E-state index is 11.0. The monoisotopic (exact) mass is 204 g/mol. The third-order valence-corrected chi connectivity index (χ3v) is 2.30. The summed E-state index contributed by atoms with van der Waals surface area (Å²) in [4.78, 5) is 23.2. The molecule has 2 aromatic rings. The Morgan fingerprint density at radius 2 is 2.33 bits per heavy atom. The highest BCUT2D eigenvalue weighted by Gasteiger charge is 2.11. The van der Waals surface area contributed by atoms with Crippen LogP contribution in [0.15, 0.2) is 18.9 Å². The summed E-state index contributed by atoms with van der Waals surface area (Å²) in [6.07, 6.45) is 5.35. The molecule has 78 valence electrons. The van der Waals surface area contributed by atoms with E-state index in [-0.39, 0.29) is 11.8 Å². The fourth-order valence-electron chi connectivity index (χ4n) is 1.62. The predicted molar refractivity (Wildman–Crippen MR) is 55.3 cm³/mol. The summed E-state index contributed by atoms with van der Waals surface area (Å²) in [5.74, 6) is 0.165. The van der Waals surface area contributed by atoms with Crippen molar-refractivity contribution in [3.05, 3.63) is 18.9 Å². The second-order valence-electron chi connectivity index (χ2n) is 3.64. The van der Waals surface area contributed by atoms with Gasteiger partial charge in [-0.2, -0.15) is 0 Å². The summed E-state index contributed by atoms with van der Waals surface area (Å²) in [5, 5.41) is 0. The van der Waals surface area contributed by atoms with Crippen LogP contribution >= 0.6 is 0 Å². The van der Waals surface area contributed by atoms with E-state index in [4.69, 9.17) is 0 Å². The van der Waals surface area contributed by atoms with Crippen molar-refractivity contribution in [3.8, 4) is 0 Å². The van der Waals surface area contributed by atoms with Gasteiger partial charge in [0, 0.05) is 12.5 Å². The molecule has 15 heavy (non-hydrogen) atoms. The third kappa shape index (κ3) is 1.86. The quantitative estimate of drug-likeness (QED) is 0.757. The molecule has 0 fully saturated rings. The van der Waals surface area contributed by atoms with Crippen molar-refractivity contribution in [1.82, 2.24) is 19.5 Å². The van der Waals surface area contributed by atoms with Crippen LogP contribution in [0.1, 0.15) is 26.3 Å². The minimum Gasteiger partial charge on any atom is -0.312 e. The van der Waals surface area contributed by atoms with Gasteiger partial charge in [0.25, 0.3) is 0 Å². The standard InChI is InChI=1S/C10H12N4O/c1-7(3-8(2)15)14-6-13-9-4-11-5-12-10(9)14/h4-7H,3H2,1-2H3/t7-/m0/s1. The molecule has 2 aromatic heterocycles. The number of Topliss-reactive ketones (excluding diaryl/α,β-unsaturated/α-hetero) is 1. The highest BCUT2D eigenvalue weighted by atomic mass is 16.1. The lowest BCUT2D eigenvalue weighted by Crippen LogP contribution is -2.08. The zero-order chi connectivity index (χ0) is 10.8. The summed E-state index contributed by atoms with van der Waals surface area (Å²) < 4.78 is 1.90. The van der Waals surface area contributed by atoms with Gasteiger partial charge in [-0.15, -0.1) is 0 Å². The van der Waals surface area contributed by atoms with Crippen LogP contribution in [-0.4, -0.2) is 25.3 Å². The zero-order valence-corrected chi connectivity index (χ0v) is 8.71. The lowest BCUT2D eigenvalue weighted by Gasteiger charge is -2.11. The molecule has 0 aliphatic carbocycles. The number of nitrogens with zero attached hydrogens (tertiary/aromatic N) is 4. The van der Waals surface area contributed by atoms with E-state index >= 15 is 0 Å². The summed E-state index contributed by atoms with van der Waals surface area (Å²) >= 11 is 0. The predicted octanol–water partition coefficient (Wildman–Crippen LogP) is 1.37. The van der Waals surface area contributed by atoms with Crippen LogP contribution < -0.4 is 0 Å². The second-order valence-corrected chi connectivity index (χ2v) is 3.64. The van der Waals surface area contributed by atoms with Gasteiger partial charge in [-0.3, -0.25) is 4.79 Å². The molecule has 5 heteroatoms. The summed E-state index contributed by atoms with van der Waals surface area (Å²) in [6, 6.07) is 0.0856. The van der Waals surface area contributed by atoms with E-state index in [9.17, 15) is 4.79 Å². The van der Waals surface area contributed by atoms with Gasteiger partial charge in [0.05, 0.1) is 12.5 Å². The molecule has 0 radical (unpaired) electrons. The number of fused-ring (bicyclic) bond motifs is 1. The molecule has 0 saturated heterocycles. The van der Waals surface area contributed by atoms with Gasteiger partial charge in [0.2, 0.25) is 0 Å². The molecular formula is C10H12N4O. The maximum Gasteiger partial charge on any atom is 0.163 e. The van der Waals surface area contributed by atoms with E-state index in [1.54, 1.807) is 19.4 Å². The number of hydrogen-bond donors (Lipinski definition) is 0. The molecule has 5 nitrogen and oxygen atoms in total. The van der Waals surface area contributed by atoms with Crippen molar-refractivity contribution in [3.63, 3.8) is 0 Å². The van der Waals surface area contributed by atoms with Crippen LogP contribution in [0.25, 0.3) is 11.2 Å². The molecule has 1 atom stereocenters. The van der Waals surface area contributed by atoms with Gasteiger partial charge >= 0.3 is 0 Å². The minimum absolute atomic E-state index is 0.0856. The highest BCUT2D eigenvalue weighted by Crippen LogP contribution is 2.16. The fraction of sp³-hybridized carbons (Fsp3) is 0.400. The summed E-state index contributed by atoms with van der Waals surface area (Å²) in [6.45, 7) is 3.56. The molecule has 2 rings (SSSR count). The van der Waals surface area contributed by atoms with E-state index in [2.05, 4.69) is 15.0 Å². The first-order valence-corrected chi connectivity index (χ1v) is 4.80. The average Bonchev–Trinajstić information content (AvgIpc) is 2.59. The van der Waals surface area contributed by atoms with Gasteiger partial charge < -0.3 is 4.57 Å². The Kier molecular flexibility index (Phi) is 2.45. The minimum atomic E-state index is 0.0856. The fourth-order valence-corrected chi connectivity index (χ4v) is 1.62. The number of imidazole rings is 1. The first-order valence-electron chi connectivity index (χ1n) is 4.80. The third-order valence-electron chi connectivity index (χ3n) is 2.30. The summed E-state index contributed by atoms with van der Waals surface area (Å²) in [5.41, 5.74) is 1.53. The average molecular weight is 204 g/mol.